The number of phenolic OH excluding ortho intramolecular Hbond substituents is 1. The van der Waals surface area contributed by atoms with Gasteiger partial charge in [0, 0.05) is 26.8 Å². The van der Waals surface area contributed by atoms with Crippen LogP contribution in [0.15, 0.2) is 24.3 Å². The Labute approximate surface area is 374 Å². The van der Waals surface area contributed by atoms with Crippen LogP contribution in [0.2, 0.25) is 0 Å². The van der Waals surface area contributed by atoms with E-state index in [1.807, 2.05) is 0 Å². The zero-order valence-corrected chi connectivity index (χ0v) is 38.3. The third kappa shape index (κ3) is 14.1. The van der Waals surface area contributed by atoms with Crippen molar-refractivity contribution in [3.63, 3.8) is 0 Å². The van der Waals surface area contributed by atoms with E-state index in [9.17, 15) is 53.4 Å². The highest BCUT2D eigenvalue weighted by Crippen LogP contribution is 2.28. The van der Waals surface area contributed by atoms with E-state index in [1.54, 1.807) is 53.7 Å². The van der Waals surface area contributed by atoms with Crippen LogP contribution in [-0.2, 0) is 54.3 Å². The summed E-state index contributed by atoms with van der Waals surface area (Å²) in [4.78, 5) is 126. The van der Waals surface area contributed by atoms with E-state index >= 15 is 0 Å². The van der Waals surface area contributed by atoms with E-state index < -0.39 is 120 Å². The number of nitrogens with two attached hydrogens (primary N) is 1. The summed E-state index contributed by atoms with van der Waals surface area (Å²) >= 11 is 0. The van der Waals surface area contributed by atoms with Gasteiger partial charge in [-0.1, -0.05) is 66.5 Å². The molecule has 8 amide bonds. The van der Waals surface area contributed by atoms with Crippen molar-refractivity contribution in [3.05, 3.63) is 29.8 Å². The minimum atomic E-state index is -1.73. The molecule has 2 aliphatic rings. The molecule has 0 radical (unpaired) electrons. The van der Waals surface area contributed by atoms with Crippen LogP contribution in [0, 0.1) is 17.8 Å². The van der Waals surface area contributed by atoms with Gasteiger partial charge in [0.2, 0.25) is 47.3 Å². The standard InChI is InChI=1S/C44H68N8O12/c1-10-23(5)35-44(63)64-25(7)36(50-38(57)29(46-26(8)53)16-18-33(45)55)41(60)48-31(20-22(3)4)39(58)47-30-17-19-34(56)52(42(30)61)37(24(6)11-2)43(62)51(9)32(40(59)49-35)21-27-12-14-28(54)15-13-27/h12-15,22-25,29-32,34-37,54,56H,10-11,16-21H2,1-9H3,(H2,45,55)(H,46,53)(H,47,58)(H,48,60)(H,49,59)(H,50,57)/t23?,24?,25-,29+,30?,31+,32+,34+,35+,36+,37+/m1/s1. The number of aromatic hydroxyl groups is 1. The number of nitrogens with zero attached hydrogens (tertiary/aromatic N) is 2. The van der Waals surface area contributed by atoms with Gasteiger partial charge in [-0.15, -0.1) is 0 Å². The number of likely N-dealkylation sites (N-methyl/N-ethyl adjacent to an activating group) is 1. The molecule has 0 spiro atoms. The Morgan fingerprint density at radius 1 is 0.891 bits per heavy atom. The fourth-order valence-corrected chi connectivity index (χ4v) is 7.77. The van der Waals surface area contributed by atoms with Gasteiger partial charge < -0.3 is 57.1 Å². The molecule has 64 heavy (non-hydrogen) atoms. The molecule has 2 bridgehead atoms. The highest BCUT2D eigenvalue weighted by molar-refractivity contribution is 5.98. The molecule has 2 heterocycles. The molecule has 2 aliphatic heterocycles. The minimum absolute atomic E-state index is 0.0216. The Bertz CT molecular complexity index is 1860. The number of amides is 8. The van der Waals surface area contributed by atoms with Crippen LogP contribution in [0.4, 0.5) is 0 Å². The molecule has 2 saturated heterocycles. The van der Waals surface area contributed by atoms with Gasteiger partial charge in [-0.25, -0.2) is 4.79 Å². The summed E-state index contributed by atoms with van der Waals surface area (Å²) in [5.41, 5.74) is 5.84. The third-order valence-electron chi connectivity index (χ3n) is 12.0. The van der Waals surface area contributed by atoms with E-state index in [0.717, 1.165) is 16.7 Å². The summed E-state index contributed by atoms with van der Waals surface area (Å²) < 4.78 is 5.87. The summed E-state index contributed by atoms with van der Waals surface area (Å²) in [7, 11) is 1.38. The fraction of sp³-hybridized carbons (Fsp3) is 0.659. The van der Waals surface area contributed by atoms with Gasteiger partial charge in [-0.05, 0) is 68.1 Å². The summed E-state index contributed by atoms with van der Waals surface area (Å²) in [6, 6.07) is -3.76. The first-order valence-electron chi connectivity index (χ1n) is 22.0. The number of piperidine rings is 1. The second-order valence-corrected chi connectivity index (χ2v) is 17.5. The third-order valence-corrected chi connectivity index (χ3v) is 12.0. The SMILES string of the molecule is CCC(C)[C@@H]1NC(=O)[C@H](Cc2ccc(O)cc2)N(C)C(=O)[C@H](C(C)CC)N2C(=O)C(CC[C@@H]2O)NC(=O)[C@H](CC(C)C)NC(=O)[C@@H](NC(=O)[C@H](CCC(N)=O)NC(C)=O)[C@@H](C)OC1=O. The lowest BCUT2D eigenvalue weighted by molar-refractivity contribution is -0.168. The predicted octanol–water partition coefficient (Wildman–Crippen LogP) is -0.136. The number of aliphatic hydroxyl groups is 1. The van der Waals surface area contributed by atoms with Gasteiger partial charge in [0.1, 0.15) is 60.4 Å². The molecule has 3 unspecified atom stereocenters. The van der Waals surface area contributed by atoms with Crippen molar-refractivity contribution >= 4 is 53.2 Å². The number of carbonyl (C=O) groups is 9. The number of phenols is 1. The van der Waals surface area contributed by atoms with Gasteiger partial charge in [-0.2, -0.15) is 0 Å². The second-order valence-electron chi connectivity index (χ2n) is 17.5. The average molecular weight is 901 g/mol. The molecule has 9 N–H and O–H groups in total. The second kappa shape index (κ2) is 23.8. The normalized spacial score (nSPS) is 26.8. The maximum Gasteiger partial charge on any atom is 0.329 e. The summed E-state index contributed by atoms with van der Waals surface area (Å²) in [5, 5.41) is 34.4. The van der Waals surface area contributed by atoms with Crippen LogP contribution in [-0.4, -0.2) is 135 Å². The highest BCUT2D eigenvalue weighted by atomic mass is 16.5. The number of ether oxygens (including phenoxy) is 1. The van der Waals surface area contributed by atoms with E-state index in [-0.39, 0.29) is 50.2 Å². The topological polar surface area (TPSA) is 296 Å². The molecule has 0 saturated carbocycles. The Balaban J connectivity index is 2.26. The maximum absolute atomic E-state index is 14.8. The molecule has 0 aromatic heterocycles. The number of primary amides is 1. The summed E-state index contributed by atoms with van der Waals surface area (Å²) in [6.45, 7) is 13.0. The Morgan fingerprint density at radius 2 is 1.52 bits per heavy atom. The maximum atomic E-state index is 14.8. The van der Waals surface area contributed by atoms with Crippen LogP contribution < -0.4 is 32.3 Å². The minimum Gasteiger partial charge on any atom is -0.508 e. The van der Waals surface area contributed by atoms with Crippen LogP contribution in [0.1, 0.15) is 106 Å². The van der Waals surface area contributed by atoms with E-state index in [4.69, 9.17) is 10.5 Å². The molecule has 3 rings (SSSR count). The lowest BCUT2D eigenvalue weighted by atomic mass is 9.91. The molecular weight excluding hydrogens is 833 g/mol. The van der Waals surface area contributed by atoms with Crippen molar-refractivity contribution in [2.75, 3.05) is 7.05 Å². The molecule has 0 aliphatic carbocycles. The van der Waals surface area contributed by atoms with Crippen LogP contribution in [0.3, 0.4) is 0 Å². The quantitative estimate of drug-likeness (QED) is 0.113. The Morgan fingerprint density at radius 3 is 2.08 bits per heavy atom. The Kier molecular flexibility index (Phi) is 19.5. The van der Waals surface area contributed by atoms with Crippen molar-refractivity contribution in [2.24, 2.45) is 23.5 Å². The van der Waals surface area contributed by atoms with Crippen LogP contribution in [0.25, 0.3) is 0 Å². The number of benzene rings is 1. The van der Waals surface area contributed by atoms with Gasteiger partial charge in [0.15, 0.2) is 0 Å². The molecule has 356 valence electrons. The molecule has 2 fully saturated rings. The lowest BCUT2D eigenvalue weighted by Gasteiger charge is -2.44. The van der Waals surface area contributed by atoms with Crippen molar-refractivity contribution in [2.45, 2.75) is 161 Å². The fourth-order valence-electron chi connectivity index (χ4n) is 7.77. The number of carbonyl (C=O) groups excluding carboxylic acids is 9. The number of hydrogen-bond acceptors (Lipinski definition) is 12. The number of cyclic esters (lactones) is 1. The zero-order chi connectivity index (χ0) is 48.2. The van der Waals surface area contributed by atoms with Crippen molar-refractivity contribution in [1.29, 1.82) is 0 Å². The van der Waals surface area contributed by atoms with Gasteiger partial charge >= 0.3 is 5.97 Å². The van der Waals surface area contributed by atoms with Gasteiger partial charge in [0.25, 0.3) is 0 Å². The zero-order valence-electron chi connectivity index (χ0n) is 38.3. The highest BCUT2D eigenvalue weighted by Gasteiger charge is 2.47. The smallest absolute Gasteiger partial charge is 0.329 e. The molecular formula is C44H68N8O12. The van der Waals surface area contributed by atoms with Crippen LogP contribution in [0.5, 0.6) is 5.75 Å². The summed E-state index contributed by atoms with van der Waals surface area (Å²) in [5.74, 6) is -8.79. The van der Waals surface area contributed by atoms with Crippen molar-refractivity contribution < 1.29 is 58.1 Å². The first-order chi connectivity index (χ1) is 30.0. The van der Waals surface area contributed by atoms with Gasteiger partial charge in [-0.3, -0.25) is 38.4 Å². The lowest BCUT2D eigenvalue weighted by Crippen LogP contribution is -2.66. The molecule has 20 nitrogen and oxygen atoms in total. The Hall–Kier alpha value is -5.79. The number of rotatable bonds is 14. The predicted molar refractivity (Wildman–Crippen MR) is 232 cm³/mol. The first-order valence-corrected chi connectivity index (χ1v) is 22.0. The summed E-state index contributed by atoms with van der Waals surface area (Å²) in [6.07, 6.45) is -2.94. The molecule has 20 heteroatoms. The van der Waals surface area contributed by atoms with E-state index in [0.29, 0.717) is 18.4 Å². The van der Waals surface area contributed by atoms with Crippen LogP contribution >= 0.6 is 0 Å². The number of aliphatic hydroxyl groups excluding tert-OH is 1. The number of hydrogen-bond donors (Lipinski definition) is 8. The first kappa shape index (κ1) is 52.6. The number of esters is 1. The van der Waals surface area contributed by atoms with Crippen molar-refractivity contribution in [1.82, 2.24) is 36.4 Å². The number of fused-ring (bicyclic) bond motifs is 2. The largest absolute Gasteiger partial charge is 0.508 e. The van der Waals surface area contributed by atoms with E-state index in [2.05, 4.69) is 26.6 Å². The average Bonchev–Trinajstić information content (AvgIpc) is 3.23. The molecule has 11 atom stereocenters. The van der Waals surface area contributed by atoms with E-state index in [1.165, 1.54) is 26.1 Å². The van der Waals surface area contributed by atoms with Gasteiger partial charge in [0.05, 0.1) is 0 Å². The molecule has 1 aromatic rings. The van der Waals surface area contributed by atoms with Crippen molar-refractivity contribution in [3.8, 4) is 5.75 Å². The monoisotopic (exact) mass is 900 g/mol. The number of nitrogens with one attached hydrogen (secondary N) is 5. The molecule has 1 aromatic carbocycles.